The molecule has 0 unspecified atom stereocenters. The third-order valence-electron chi connectivity index (χ3n) is 6.47. The summed E-state index contributed by atoms with van der Waals surface area (Å²) in [6.45, 7) is 0.752. The van der Waals surface area contributed by atoms with Gasteiger partial charge in [0.05, 0.1) is 6.04 Å². The number of carbonyl (C=O) groups is 3. The first-order valence-electron chi connectivity index (χ1n) is 12.2. The summed E-state index contributed by atoms with van der Waals surface area (Å²) in [5.74, 6) is -1.54. The summed E-state index contributed by atoms with van der Waals surface area (Å²) in [6, 6.07) is 24.8. The number of nitrogens with zero attached hydrogens (tertiary/aromatic N) is 1. The molecule has 1 heterocycles. The van der Waals surface area contributed by atoms with Crippen molar-refractivity contribution in [3.05, 3.63) is 102 Å². The van der Waals surface area contributed by atoms with Crippen LogP contribution in [0.15, 0.2) is 84.9 Å². The van der Waals surface area contributed by atoms with Crippen LogP contribution in [0.5, 0.6) is 5.75 Å². The van der Waals surface area contributed by atoms with Gasteiger partial charge in [0, 0.05) is 13.0 Å². The molecular weight excluding hydrogens is 472 g/mol. The van der Waals surface area contributed by atoms with Crippen LogP contribution in [0.1, 0.15) is 29.5 Å². The Bertz CT molecular complexity index is 1220. The Morgan fingerprint density at radius 1 is 0.865 bits per heavy atom. The third kappa shape index (κ3) is 6.34. The van der Waals surface area contributed by atoms with Gasteiger partial charge in [0.15, 0.2) is 11.3 Å². The number of nitrogens with two attached hydrogens (primary N) is 1. The molecule has 1 aliphatic heterocycles. The minimum Gasteiger partial charge on any atom is -0.489 e. The number of carboxylic acid groups (broad SMARTS) is 1. The lowest BCUT2D eigenvalue weighted by Gasteiger charge is -2.30. The number of amides is 1. The summed E-state index contributed by atoms with van der Waals surface area (Å²) in [5, 5.41) is 9.96. The molecule has 0 spiro atoms. The van der Waals surface area contributed by atoms with Gasteiger partial charge in [-0.05, 0) is 41.7 Å². The number of hydrogen-bond acceptors (Lipinski definition) is 6. The van der Waals surface area contributed by atoms with Gasteiger partial charge >= 0.3 is 12.1 Å². The number of aliphatic carboxylic acids is 1. The first kappa shape index (κ1) is 25.9. The van der Waals surface area contributed by atoms with Crippen molar-refractivity contribution in [2.24, 2.45) is 5.73 Å². The predicted molar refractivity (Wildman–Crippen MR) is 137 cm³/mol. The Balaban J connectivity index is 1.41. The Morgan fingerprint density at radius 2 is 1.46 bits per heavy atom. The van der Waals surface area contributed by atoms with Crippen molar-refractivity contribution in [2.75, 3.05) is 6.54 Å². The Morgan fingerprint density at radius 3 is 2.05 bits per heavy atom. The fourth-order valence-electron chi connectivity index (χ4n) is 4.39. The average molecular weight is 503 g/mol. The first-order valence-corrected chi connectivity index (χ1v) is 12.2. The molecule has 1 aliphatic rings. The van der Waals surface area contributed by atoms with Gasteiger partial charge in [0.25, 0.3) is 0 Å². The predicted octanol–water partition coefficient (Wildman–Crippen LogP) is 3.96. The fourth-order valence-corrected chi connectivity index (χ4v) is 4.39. The molecule has 0 bridgehead atoms. The monoisotopic (exact) mass is 502 g/mol. The van der Waals surface area contributed by atoms with Gasteiger partial charge in [-0.3, -0.25) is 9.69 Å². The molecule has 37 heavy (non-hydrogen) atoms. The molecule has 3 aromatic rings. The number of rotatable bonds is 10. The zero-order chi connectivity index (χ0) is 26.3. The maximum Gasteiger partial charge on any atom is 0.410 e. The van der Waals surface area contributed by atoms with Crippen LogP contribution in [0.25, 0.3) is 0 Å². The first-order chi connectivity index (χ1) is 17.9. The van der Waals surface area contributed by atoms with Crippen LogP contribution in [0.2, 0.25) is 0 Å². The van der Waals surface area contributed by atoms with E-state index in [9.17, 15) is 19.5 Å². The second-order valence-corrected chi connectivity index (χ2v) is 9.13. The maximum atomic E-state index is 13.4. The minimum atomic E-state index is -2.20. The highest BCUT2D eigenvalue weighted by Crippen LogP contribution is 2.26. The molecular formula is C29H30N2O6. The lowest BCUT2D eigenvalue weighted by molar-refractivity contribution is -0.149. The van der Waals surface area contributed by atoms with Gasteiger partial charge < -0.3 is 20.3 Å². The molecule has 1 fully saturated rings. The number of carboxylic acids is 1. The van der Waals surface area contributed by atoms with Crippen molar-refractivity contribution in [3.8, 4) is 5.75 Å². The quantitative estimate of drug-likeness (QED) is 0.403. The highest BCUT2D eigenvalue weighted by molar-refractivity contribution is 6.11. The number of hydrogen-bond donors (Lipinski definition) is 2. The minimum absolute atomic E-state index is 0.0580. The molecule has 4 rings (SSSR count). The van der Waals surface area contributed by atoms with E-state index in [4.69, 9.17) is 15.2 Å². The van der Waals surface area contributed by atoms with E-state index in [0.29, 0.717) is 37.3 Å². The van der Waals surface area contributed by atoms with Crippen molar-refractivity contribution >= 4 is 17.8 Å². The van der Waals surface area contributed by atoms with Crippen LogP contribution in [0.3, 0.4) is 0 Å². The summed E-state index contributed by atoms with van der Waals surface area (Å²) >= 11 is 0. The Kier molecular flexibility index (Phi) is 8.20. The lowest BCUT2D eigenvalue weighted by atomic mass is 9.83. The second kappa shape index (κ2) is 11.7. The van der Waals surface area contributed by atoms with Crippen LogP contribution >= 0.6 is 0 Å². The fraction of sp³-hybridized carbons (Fsp3) is 0.276. The zero-order valence-corrected chi connectivity index (χ0v) is 20.4. The van der Waals surface area contributed by atoms with Crippen molar-refractivity contribution < 1.29 is 29.0 Å². The molecule has 0 aliphatic carbocycles. The largest absolute Gasteiger partial charge is 0.489 e. The molecule has 8 heteroatoms. The molecule has 192 valence electrons. The lowest BCUT2D eigenvalue weighted by Crippen LogP contribution is -2.62. The smallest absolute Gasteiger partial charge is 0.410 e. The van der Waals surface area contributed by atoms with Gasteiger partial charge in [0.1, 0.15) is 19.0 Å². The van der Waals surface area contributed by atoms with E-state index in [2.05, 4.69) is 0 Å². The van der Waals surface area contributed by atoms with E-state index in [1.165, 1.54) is 4.90 Å². The van der Waals surface area contributed by atoms with E-state index in [0.717, 1.165) is 11.1 Å². The van der Waals surface area contributed by atoms with Gasteiger partial charge in [-0.1, -0.05) is 72.8 Å². The van der Waals surface area contributed by atoms with Crippen LogP contribution in [0.4, 0.5) is 4.79 Å². The molecule has 0 saturated carbocycles. The van der Waals surface area contributed by atoms with Crippen LogP contribution < -0.4 is 10.5 Å². The van der Waals surface area contributed by atoms with Gasteiger partial charge in [-0.25, -0.2) is 9.59 Å². The molecule has 8 nitrogen and oxygen atoms in total. The molecule has 2 atom stereocenters. The molecule has 0 aromatic heterocycles. The van der Waals surface area contributed by atoms with Crippen molar-refractivity contribution in [1.29, 1.82) is 0 Å². The zero-order valence-electron chi connectivity index (χ0n) is 20.4. The summed E-state index contributed by atoms with van der Waals surface area (Å²) in [5.41, 5.74) is 6.45. The topological polar surface area (TPSA) is 119 Å². The summed E-state index contributed by atoms with van der Waals surface area (Å²) in [7, 11) is 0. The SMILES string of the molecule is N[C@@](Cc1ccc(OCc2ccccc2)cc1)(C(=O)O)C(=O)[C@@H]1CCCN1C(=O)OCc1ccccc1. The Hall–Kier alpha value is -4.17. The van der Waals surface area contributed by atoms with E-state index in [1.807, 2.05) is 60.7 Å². The molecule has 3 N–H and O–H groups in total. The molecule has 1 amide bonds. The van der Waals surface area contributed by atoms with Crippen molar-refractivity contribution in [2.45, 2.75) is 44.1 Å². The number of Topliss-reactive ketones (excluding diaryl/α,β-unsaturated/α-hetero) is 1. The van der Waals surface area contributed by atoms with E-state index >= 15 is 0 Å². The third-order valence-corrected chi connectivity index (χ3v) is 6.47. The summed E-state index contributed by atoms with van der Waals surface area (Å²) in [4.78, 5) is 39.7. The molecule has 0 radical (unpaired) electrons. The number of ketones is 1. The maximum absolute atomic E-state index is 13.4. The van der Waals surface area contributed by atoms with E-state index < -0.39 is 29.4 Å². The number of benzene rings is 3. The number of likely N-dealkylation sites (tertiary alicyclic amines) is 1. The number of ether oxygens (including phenoxy) is 2. The van der Waals surface area contributed by atoms with Crippen LogP contribution in [-0.4, -0.2) is 46.0 Å². The van der Waals surface area contributed by atoms with Gasteiger partial charge in [-0.2, -0.15) is 0 Å². The van der Waals surface area contributed by atoms with E-state index in [-0.39, 0.29) is 13.0 Å². The highest BCUT2D eigenvalue weighted by Gasteiger charge is 2.49. The second-order valence-electron chi connectivity index (χ2n) is 9.13. The normalized spacial score (nSPS) is 16.6. The summed E-state index contributed by atoms with van der Waals surface area (Å²) < 4.78 is 11.2. The summed E-state index contributed by atoms with van der Waals surface area (Å²) in [6.07, 6.45) is 0.00810. The number of carbonyl (C=O) groups excluding carboxylic acids is 2. The van der Waals surface area contributed by atoms with E-state index in [1.54, 1.807) is 24.3 Å². The van der Waals surface area contributed by atoms with Gasteiger partial charge in [0.2, 0.25) is 0 Å². The molecule has 3 aromatic carbocycles. The average Bonchev–Trinajstić information content (AvgIpc) is 3.42. The highest BCUT2D eigenvalue weighted by atomic mass is 16.6. The standard InChI is InChI=1S/C29H30N2O6/c30-29(27(33)34,18-21-13-15-24(16-14-21)36-19-22-8-3-1-4-9-22)26(32)25-12-7-17-31(25)28(35)37-20-23-10-5-2-6-11-23/h1-6,8-11,13-16,25H,7,12,17-20,30H2,(H,33,34)/t25-,29+/m0/s1. The molecule has 1 saturated heterocycles. The van der Waals surface area contributed by atoms with Gasteiger partial charge in [-0.15, -0.1) is 0 Å². The van der Waals surface area contributed by atoms with Crippen LogP contribution in [0, 0.1) is 0 Å². The van der Waals surface area contributed by atoms with Crippen LogP contribution in [-0.2, 0) is 34.0 Å². The Labute approximate surface area is 215 Å². The van der Waals surface area contributed by atoms with Crippen molar-refractivity contribution in [3.63, 3.8) is 0 Å². The van der Waals surface area contributed by atoms with Crippen molar-refractivity contribution in [1.82, 2.24) is 4.90 Å².